The van der Waals surface area contributed by atoms with Gasteiger partial charge in [0.1, 0.15) is 5.75 Å². The summed E-state index contributed by atoms with van der Waals surface area (Å²) in [7, 11) is 1.64. The first kappa shape index (κ1) is 19.3. The number of carbonyl (C=O) groups excluding carboxylic acids is 1. The molecule has 0 aliphatic heterocycles. The molecule has 0 fully saturated rings. The highest BCUT2D eigenvalue weighted by molar-refractivity contribution is 7.99. The van der Waals surface area contributed by atoms with Crippen molar-refractivity contribution in [1.82, 2.24) is 20.1 Å². The topological polar surface area (TPSA) is 69.0 Å². The van der Waals surface area contributed by atoms with Crippen LogP contribution in [0.5, 0.6) is 5.75 Å². The van der Waals surface area contributed by atoms with Crippen molar-refractivity contribution >= 4 is 17.7 Å². The lowest BCUT2D eigenvalue weighted by molar-refractivity contribution is -0.118. The third-order valence-electron chi connectivity index (χ3n) is 3.57. The van der Waals surface area contributed by atoms with Crippen molar-refractivity contribution in [3.8, 4) is 17.1 Å². The molecule has 1 aromatic heterocycles. The third-order valence-corrected chi connectivity index (χ3v) is 4.51. The molecule has 0 radical (unpaired) electrons. The summed E-state index contributed by atoms with van der Waals surface area (Å²) in [6.45, 7) is 9.00. The van der Waals surface area contributed by atoms with E-state index in [1.807, 2.05) is 24.3 Å². The highest BCUT2D eigenvalue weighted by Gasteiger charge is 2.18. The molecule has 0 spiro atoms. The molecule has 1 aromatic carbocycles. The molecule has 0 saturated heterocycles. The Morgan fingerprint density at radius 1 is 1.20 bits per heavy atom. The second kappa shape index (κ2) is 8.89. The first-order chi connectivity index (χ1) is 11.9. The van der Waals surface area contributed by atoms with Gasteiger partial charge in [-0.1, -0.05) is 25.6 Å². The van der Waals surface area contributed by atoms with Gasteiger partial charge in [0.2, 0.25) is 5.91 Å². The molecule has 0 bridgehead atoms. The molecule has 0 unspecified atom stereocenters. The maximum Gasteiger partial charge on any atom is 0.230 e. The van der Waals surface area contributed by atoms with Crippen LogP contribution in [0.25, 0.3) is 11.4 Å². The SMILES string of the molecule is COc1ccc(-c2nnc(SCC(=O)NCC(C)C)n2C(C)C)cc1. The lowest BCUT2D eigenvalue weighted by Crippen LogP contribution is -2.28. The van der Waals surface area contributed by atoms with Crippen LogP contribution in [-0.4, -0.2) is 40.1 Å². The second-order valence-corrected chi connectivity index (χ2v) is 7.43. The molecule has 0 aliphatic rings. The van der Waals surface area contributed by atoms with E-state index in [1.54, 1.807) is 7.11 Å². The number of carbonyl (C=O) groups is 1. The van der Waals surface area contributed by atoms with Gasteiger partial charge in [-0.05, 0) is 44.0 Å². The minimum Gasteiger partial charge on any atom is -0.497 e. The van der Waals surface area contributed by atoms with Crippen molar-refractivity contribution in [2.24, 2.45) is 5.92 Å². The molecule has 0 atom stereocenters. The lowest BCUT2D eigenvalue weighted by atomic mass is 10.2. The molecule has 1 heterocycles. The summed E-state index contributed by atoms with van der Waals surface area (Å²) in [5.41, 5.74) is 0.970. The summed E-state index contributed by atoms with van der Waals surface area (Å²) in [4.78, 5) is 11.9. The maximum absolute atomic E-state index is 11.9. The quantitative estimate of drug-likeness (QED) is 0.729. The highest BCUT2D eigenvalue weighted by atomic mass is 32.2. The van der Waals surface area contributed by atoms with Gasteiger partial charge in [0.25, 0.3) is 0 Å². The van der Waals surface area contributed by atoms with Crippen LogP contribution in [-0.2, 0) is 4.79 Å². The average Bonchev–Trinajstić information content (AvgIpc) is 3.02. The fourth-order valence-electron chi connectivity index (χ4n) is 2.28. The molecule has 2 rings (SSSR count). The van der Waals surface area contributed by atoms with Crippen LogP contribution in [0, 0.1) is 5.92 Å². The van der Waals surface area contributed by atoms with Gasteiger partial charge < -0.3 is 10.1 Å². The van der Waals surface area contributed by atoms with Crippen molar-refractivity contribution in [2.75, 3.05) is 19.4 Å². The molecule has 0 aliphatic carbocycles. The van der Waals surface area contributed by atoms with Crippen molar-refractivity contribution in [3.05, 3.63) is 24.3 Å². The van der Waals surface area contributed by atoms with E-state index >= 15 is 0 Å². The molecular weight excluding hydrogens is 336 g/mol. The van der Waals surface area contributed by atoms with Crippen molar-refractivity contribution in [1.29, 1.82) is 0 Å². The summed E-state index contributed by atoms with van der Waals surface area (Å²) < 4.78 is 7.26. The number of amides is 1. The Morgan fingerprint density at radius 3 is 2.44 bits per heavy atom. The van der Waals surface area contributed by atoms with Crippen LogP contribution >= 0.6 is 11.8 Å². The first-order valence-corrected chi connectivity index (χ1v) is 9.39. The zero-order chi connectivity index (χ0) is 18.4. The predicted molar refractivity (Wildman–Crippen MR) is 101 cm³/mol. The molecular formula is C18H26N4O2S. The second-order valence-electron chi connectivity index (χ2n) is 6.49. The van der Waals surface area contributed by atoms with Crippen molar-refractivity contribution < 1.29 is 9.53 Å². The molecule has 1 amide bonds. The van der Waals surface area contributed by atoms with E-state index in [1.165, 1.54) is 11.8 Å². The highest BCUT2D eigenvalue weighted by Crippen LogP contribution is 2.28. The Hall–Kier alpha value is -2.02. The minimum absolute atomic E-state index is 0.0167. The Labute approximate surface area is 153 Å². The van der Waals surface area contributed by atoms with Gasteiger partial charge in [-0.3, -0.25) is 9.36 Å². The number of ether oxygens (including phenoxy) is 1. The number of methoxy groups -OCH3 is 1. The minimum atomic E-state index is 0.0167. The van der Waals surface area contributed by atoms with Gasteiger partial charge in [-0.2, -0.15) is 0 Å². The summed E-state index contributed by atoms with van der Waals surface area (Å²) in [6.07, 6.45) is 0. The van der Waals surface area contributed by atoms with Crippen molar-refractivity contribution in [2.45, 2.75) is 38.9 Å². The van der Waals surface area contributed by atoms with Gasteiger partial charge in [0.05, 0.1) is 12.9 Å². The van der Waals surface area contributed by atoms with E-state index in [4.69, 9.17) is 4.74 Å². The molecule has 7 heteroatoms. The van der Waals surface area contributed by atoms with Gasteiger partial charge in [0, 0.05) is 18.2 Å². The van der Waals surface area contributed by atoms with Gasteiger partial charge in [-0.25, -0.2) is 0 Å². The Balaban J connectivity index is 2.14. The molecule has 136 valence electrons. The predicted octanol–water partition coefficient (Wildman–Crippen LogP) is 3.40. The Bertz CT molecular complexity index is 696. The van der Waals surface area contributed by atoms with Gasteiger partial charge >= 0.3 is 0 Å². The number of nitrogens with zero attached hydrogens (tertiary/aromatic N) is 3. The first-order valence-electron chi connectivity index (χ1n) is 8.41. The number of benzene rings is 1. The summed E-state index contributed by atoms with van der Waals surface area (Å²) in [5, 5.41) is 12.3. The monoisotopic (exact) mass is 362 g/mol. The van der Waals surface area contributed by atoms with E-state index in [-0.39, 0.29) is 11.9 Å². The normalized spacial score (nSPS) is 11.2. The number of nitrogens with one attached hydrogen (secondary N) is 1. The number of aromatic nitrogens is 3. The molecule has 0 saturated carbocycles. The largest absolute Gasteiger partial charge is 0.497 e. The van der Waals surface area contributed by atoms with Gasteiger partial charge in [0.15, 0.2) is 11.0 Å². The van der Waals surface area contributed by atoms with Crippen LogP contribution in [0.3, 0.4) is 0 Å². The Morgan fingerprint density at radius 2 is 1.88 bits per heavy atom. The zero-order valence-electron chi connectivity index (χ0n) is 15.4. The van der Waals surface area contributed by atoms with E-state index in [0.29, 0.717) is 18.2 Å². The van der Waals surface area contributed by atoms with E-state index < -0.39 is 0 Å². The fraction of sp³-hybridized carbons (Fsp3) is 0.500. The smallest absolute Gasteiger partial charge is 0.230 e. The zero-order valence-corrected chi connectivity index (χ0v) is 16.3. The number of hydrogen-bond acceptors (Lipinski definition) is 5. The van der Waals surface area contributed by atoms with Crippen LogP contribution in [0.2, 0.25) is 0 Å². The van der Waals surface area contributed by atoms with E-state index in [0.717, 1.165) is 22.3 Å². The summed E-state index contributed by atoms with van der Waals surface area (Å²) in [6, 6.07) is 7.92. The number of hydrogen-bond donors (Lipinski definition) is 1. The summed E-state index contributed by atoms with van der Waals surface area (Å²) in [5.74, 6) is 2.39. The maximum atomic E-state index is 11.9. The van der Waals surface area contributed by atoms with Crippen LogP contribution in [0.15, 0.2) is 29.4 Å². The van der Waals surface area contributed by atoms with Gasteiger partial charge in [-0.15, -0.1) is 10.2 Å². The van der Waals surface area contributed by atoms with Crippen LogP contribution in [0.1, 0.15) is 33.7 Å². The molecule has 6 nitrogen and oxygen atoms in total. The lowest BCUT2D eigenvalue weighted by Gasteiger charge is -2.14. The molecule has 1 N–H and O–H groups in total. The number of rotatable bonds is 8. The molecule has 25 heavy (non-hydrogen) atoms. The number of thioether (sulfide) groups is 1. The van der Waals surface area contributed by atoms with Crippen LogP contribution in [0.4, 0.5) is 0 Å². The Kier molecular flexibility index (Phi) is 6.87. The van der Waals surface area contributed by atoms with Crippen molar-refractivity contribution in [3.63, 3.8) is 0 Å². The molecule has 2 aromatic rings. The average molecular weight is 362 g/mol. The van der Waals surface area contributed by atoms with E-state index in [9.17, 15) is 4.79 Å². The standard InChI is InChI=1S/C18H26N4O2S/c1-12(2)10-19-16(23)11-25-18-21-20-17(22(18)13(3)4)14-6-8-15(24-5)9-7-14/h6-9,12-13H,10-11H2,1-5H3,(H,19,23). The summed E-state index contributed by atoms with van der Waals surface area (Å²) >= 11 is 1.41. The van der Waals surface area contributed by atoms with E-state index in [2.05, 4.69) is 47.8 Å². The fourth-order valence-corrected chi connectivity index (χ4v) is 3.17. The third kappa shape index (κ3) is 5.22. The van der Waals surface area contributed by atoms with Crippen LogP contribution < -0.4 is 10.1 Å².